The Labute approximate surface area is 192 Å². The average molecular weight is 466 g/mol. The lowest BCUT2D eigenvalue weighted by molar-refractivity contribution is -0.118. The number of urea groups is 1. The average Bonchev–Trinajstić information content (AvgIpc) is 2.69. The first kappa shape index (κ1) is 23.4. The highest BCUT2D eigenvalue weighted by Crippen LogP contribution is 2.35. The van der Waals surface area contributed by atoms with Gasteiger partial charge in [-0.3, -0.25) is 4.79 Å². The van der Waals surface area contributed by atoms with E-state index in [1.165, 1.54) is 0 Å². The molecule has 0 radical (unpaired) electrons. The molecule has 11 heteroatoms. The minimum atomic E-state index is -2.60. The van der Waals surface area contributed by atoms with Gasteiger partial charge in [0.1, 0.15) is 11.7 Å². The molecule has 4 N–H and O–H groups in total. The highest BCUT2D eigenvalue weighted by atomic mass is 19.3. The summed E-state index contributed by atoms with van der Waals surface area (Å²) in [5, 5.41) is 12.0. The number of anilines is 3. The first-order valence-electron chi connectivity index (χ1n) is 11.7. The SMILES string of the molecule is Cc1nc(N[C@H]2C[C@@H](NC(=O)NC3CCC(F)(F)CC3)C2)nc2c1NC(=O)C(C(C)C)N2C. The van der Waals surface area contributed by atoms with Crippen molar-refractivity contribution in [3.05, 3.63) is 5.69 Å². The lowest BCUT2D eigenvalue weighted by Crippen LogP contribution is -2.54. The summed E-state index contributed by atoms with van der Waals surface area (Å²) in [7, 11) is 1.87. The van der Waals surface area contributed by atoms with Crippen LogP contribution in [0.4, 0.5) is 31.0 Å². The van der Waals surface area contributed by atoms with Gasteiger partial charge in [-0.2, -0.15) is 4.98 Å². The van der Waals surface area contributed by atoms with Crippen LogP contribution < -0.4 is 26.2 Å². The second-order valence-corrected chi connectivity index (χ2v) is 9.88. The number of alkyl halides is 2. The number of nitrogens with zero attached hydrogens (tertiary/aromatic N) is 3. The Kier molecular flexibility index (Phi) is 6.32. The number of nitrogens with one attached hydrogen (secondary N) is 4. The topological polar surface area (TPSA) is 111 Å². The lowest BCUT2D eigenvalue weighted by atomic mass is 9.87. The van der Waals surface area contributed by atoms with Gasteiger partial charge < -0.3 is 26.2 Å². The van der Waals surface area contributed by atoms with E-state index >= 15 is 0 Å². The van der Waals surface area contributed by atoms with Crippen LogP contribution in [0.15, 0.2) is 0 Å². The van der Waals surface area contributed by atoms with E-state index in [4.69, 9.17) is 0 Å². The van der Waals surface area contributed by atoms with E-state index in [1.807, 2.05) is 32.7 Å². The molecule has 0 bridgehead atoms. The number of carbonyl (C=O) groups is 2. The molecule has 1 aromatic heterocycles. The first-order chi connectivity index (χ1) is 15.5. The summed E-state index contributed by atoms with van der Waals surface area (Å²) in [6.45, 7) is 5.84. The molecule has 1 unspecified atom stereocenters. The fourth-order valence-corrected chi connectivity index (χ4v) is 4.91. The molecule has 0 saturated heterocycles. The summed E-state index contributed by atoms with van der Waals surface area (Å²) < 4.78 is 26.5. The van der Waals surface area contributed by atoms with E-state index in [2.05, 4.69) is 31.2 Å². The quantitative estimate of drug-likeness (QED) is 0.532. The fourth-order valence-electron chi connectivity index (χ4n) is 4.91. The number of carbonyl (C=O) groups excluding carboxylic acids is 2. The molecule has 1 aliphatic heterocycles. The molecule has 33 heavy (non-hydrogen) atoms. The number of aromatic nitrogens is 2. The van der Waals surface area contributed by atoms with Crippen molar-refractivity contribution in [2.24, 2.45) is 5.92 Å². The van der Waals surface area contributed by atoms with Gasteiger partial charge in [0.2, 0.25) is 17.8 Å². The van der Waals surface area contributed by atoms with Crippen LogP contribution in [0.2, 0.25) is 0 Å². The molecule has 4 rings (SSSR count). The molecule has 1 atom stereocenters. The summed E-state index contributed by atoms with van der Waals surface area (Å²) in [6, 6.07) is -0.667. The van der Waals surface area contributed by atoms with Crippen molar-refractivity contribution in [3.63, 3.8) is 0 Å². The Morgan fingerprint density at radius 2 is 1.76 bits per heavy atom. The van der Waals surface area contributed by atoms with Crippen molar-refractivity contribution in [2.75, 3.05) is 22.6 Å². The van der Waals surface area contributed by atoms with Gasteiger partial charge >= 0.3 is 6.03 Å². The number of aryl methyl sites for hydroxylation is 1. The molecule has 1 aromatic rings. The zero-order valence-electron chi connectivity index (χ0n) is 19.5. The van der Waals surface area contributed by atoms with Gasteiger partial charge in [-0.1, -0.05) is 13.8 Å². The molecular formula is C22H33F2N7O2. The molecule has 0 aromatic carbocycles. The van der Waals surface area contributed by atoms with Crippen molar-refractivity contribution in [1.29, 1.82) is 0 Å². The van der Waals surface area contributed by atoms with Crippen LogP contribution in [-0.2, 0) is 4.79 Å². The maximum Gasteiger partial charge on any atom is 0.315 e. The molecular weight excluding hydrogens is 432 g/mol. The lowest BCUT2D eigenvalue weighted by Gasteiger charge is -2.38. The largest absolute Gasteiger partial charge is 0.351 e. The molecule has 2 saturated carbocycles. The van der Waals surface area contributed by atoms with Crippen molar-refractivity contribution >= 4 is 29.4 Å². The predicted octanol–water partition coefficient (Wildman–Crippen LogP) is 3.02. The molecule has 3 amide bonds. The van der Waals surface area contributed by atoms with E-state index in [0.29, 0.717) is 36.0 Å². The van der Waals surface area contributed by atoms with Crippen molar-refractivity contribution in [1.82, 2.24) is 20.6 Å². The van der Waals surface area contributed by atoms with Gasteiger partial charge in [0.25, 0.3) is 0 Å². The molecule has 2 aliphatic carbocycles. The first-order valence-corrected chi connectivity index (χ1v) is 11.7. The monoisotopic (exact) mass is 465 g/mol. The van der Waals surface area contributed by atoms with E-state index in [-0.39, 0.29) is 54.9 Å². The number of halogens is 2. The maximum absolute atomic E-state index is 13.3. The van der Waals surface area contributed by atoms with Crippen LogP contribution in [0, 0.1) is 12.8 Å². The molecule has 0 spiro atoms. The van der Waals surface area contributed by atoms with Crippen LogP contribution in [0.25, 0.3) is 0 Å². The van der Waals surface area contributed by atoms with Crippen LogP contribution in [0.3, 0.4) is 0 Å². The zero-order chi connectivity index (χ0) is 23.9. The van der Waals surface area contributed by atoms with Gasteiger partial charge in [-0.05, 0) is 38.5 Å². The predicted molar refractivity (Wildman–Crippen MR) is 122 cm³/mol. The summed E-state index contributed by atoms with van der Waals surface area (Å²) >= 11 is 0. The minimum Gasteiger partial charge on any atom is -0.351 e. The highest BCUT2D eigenvalue weighted by molar-refractivity contribution is 6.03. The van der Waals surface area contributed by atoms with Gasteiger partial charge in [0, 0.05) is 38.0 Å². The van der Waals surface area contributed by atoms with Crippen LogP contribution in [0.1, 0.15) is 58.1 Å². The number of fused-ring (bicyclic) bond motifs is 1. The number of likely N-dealkylation sites (N-methyl/N-ethyl adjacent to an activating group) is 1. The normalized spacial score (nSPS) is 26.8. The number of amides is 3. The van der Waals surface area contributed by atoms with Gasteiger partial charge in [-0.25, -0.2) is 18.6 Å². The summed E-state index contributed by atoms with van der Waals surface area (Å²) in [5.41, 5.74) is 1.33. The second kappa shape index (κ2) is 8.90. The number of hydrogen-bond acceptors (Lipinski definition) is 6. The maximum atomic E-state index is 13.3. The van der Waals surface area contributed by atoms with Crippen molar-refractivity contribution < 1.29 is 18.4 Å². The Hall–Kier alpha value is -2.72. The fraction of sp³-hybridized carbons (Fsp3) is 0.727. The Morgan fingerprint density at radius 3 is 2.39 bits per heavy atom. The standard InChI is InChI=1S/C22H33F2N7O2/c1-11(2)17-19(32)29-16-12(3)25-20(30-18(16)31(17)4)26-14-9-15(10-14)28-21(33)27-13-5-7-22(23,24)8-6-13/h11,13-15,17H,5-10H2,1-4H3,(H,29,32)(H,25,26,30)(H2,27,28,33)/t14-,15+,17?. The van der Waals surface area contributed by atoms with E-state index < -0.39 is 5.92 Å². The summed E-state index contributed by atoms with van der Waals surface area (Å²) in [4.78, 5) is 35.7. The van der Waals surface area contributed by atoms with Gasteiger partial charge in [0.05, 0.1) is 5.69 Å². The number of rotatable bonds is 5. The molecule has 2 heterocycles. The molecule has 9 nitrogen and oxygen atoms in total. The van der Waals surface area contributed by atoms with Gasteiger partial charge in [0.15, 0.2) is 5.82 Å². The van der Waals surface area contributed by atoms with Gasteiger partial charge in [-0.15, -0.1) is 0 Å². The summed E-state index contributed by atoms with van der Waals surface area (Å²) in [5.74, 6) is -1.35. The van der Waals surface area contributed by atoms with Crippen LogP contribution >= 0.6 is 0 Å². The third kappa shape index (κ3) is 5.11. The van der Waals surface area contributed by atoms with Crippen molar-refractivity contribution in [3.8, 4) is 0 Å². The van der Waals surface area contributed by atoms with Crippen molar-refractivity contribution in [2.45, 2.75) is 89.4 Å². The third-order valence-electron chi connectivity index (χ3n) is 6.83. The second-order valence-electron chi connectivity index (χ2n) is 9.88. The van der Waals surface area contributed by atoms with E-state index in [9.17, 15) is 18.4 Å². The Bertz CT molecular complexity index is 910. The highest BCUT2D eigenvalue weighted by Gasteiger charge is 2.38. The van der Waals surface area contributed by atoms with Crippen LogP contribution in [-0.4, -0.2) is 59.0 Å². The van der Waals surface area contributed by atoms with Crippen LogP contribution in [0.5, 0.6) is 0 Å². The molecule has 2 fully saturated rings. The van der Waals surface area contributed by atoms with E-state index in [1.54, 1.807) is 0 Å². The van der Waals surface area contributed by atoms with E-state index in [0.717, 1.165) is 12.8 Å². The molecule has 182 valence electrons. The third-order valence-corrected chi connectivity index (χ3v) is 6.83. The molecule has 3 aliphatic rings. The number of hydrogen-bond donors (Lipinski definition) is 4. The minimum absolute atomic E-state index is 0.0125. The Morgan fingerprint density at radius 1 is 1.12 bits per heavy atom. The summed E-state index contributed by atoms with van der Waals surface area (Å²) in [6.07, 6.45) is 1.69. The zero-order valence-corrected chi connectivity index (χ0v) is 19.5. The Balaban J connectivity index is 1.28. The smallest absolute Gasteiger partial charge is 0.315 e.